The number of halogens is 1. The number of pyridine rings is 1. The molecule has 1 aromatic rings. The highest BCUT2D eigenvalue weighted by Crippen LogP contribution is 2.41. The molecule has 0 radical (unpaired) electrons. The van der Waals surface area contributed by atoms with Crippen LogP contribution in [0.1, 0.15) is 20.3 Å². The number of likely N-dealkylation sites (tertiary alicyclic amines) is 1. The summed E-state index contributed by atoms with van der Waals surface area (Å²) in [5.41, 5.74) is 0.139. The molecule has 2 atom stereocenters. The number of anilines is 1. The van der Waals surface area contributed by atoms with Crippen molar-refractivity contribution in [3.8, 4) is 0 Å². The Morgan fingerprint density at radius 1 is 1.33 bits per heavy atom. The lowest BCUT2D eigenvalue weighted by molar-refractivity contribution is -0.0459. The number of nitrogens with zero attached hydrogens (tertiary/aromatic N) is 4. The number of ether oxygens (including phenoxy) is 1. The van der Waals surface area contributed by atoms with Gasteiger partial charge < -0.3 is 19.4 Å². The molecule has 2 unspecified atom stereocenters. The van der Waals surface area contributed by atoms with Gasteiger partial charge in [0.15, 0.2) is 0 Å². The summed E-state index contributed by atoms with van der Waals surface area (Å²) in [4.78, 5) is 23.3. The molecule has 3 saturated heterocycles. The van der Waals surface area contributed by atoms with Crippen molar-refractivity contribution in [2.75, 3.05) is 44.2 Å². The molecule has 0 saturated carbocycles. The average Bonchev–Trinajstić information content (AvgIpc) is 3.08. The Balaban J connectivity index is 1.37. The molecule has 3 fully saturated rings. The van der Waals surface area contributed by atoms with Crippen molar-refractivity contribution in [3.63, 3.8) is 0 Å². The number of morpholine rings is 1. The zero-order valence-electron chi connectivity index (χ0n) is 16.0. The molecule has 6 nitrogen and oxygen atoms in total. The predicted octanol–water partition coefficient (Wildman–Crippen LogP) is 2.52. The maximum absolute atomic E-state index is 13.1. The first kappa shape index (κ1) is 18.2. The van der Waals surface area contributed by atoms with E-state index in [-0.39, 0.29) is 29.4 Å². The van der Waals surface area contributed by atoms with Gasteiger partial charge in [0, 0.05) is 38.1 Å². The largest absolute Gasteiger partial charge is 0.374 e. The number of carbonyl (C=O) groups is 1. The zero-order chi connectivity index (χ0) is 19.0. The van der Waals surface area contributed by atoms with Crippen molar-refractivity contribution in [1.29, 1.82) is 0 Å². The maximum atomic E-state index is 13.1. The van der Waals surface area contributed by atoms with Gasteiger partial charge in [0.2, 0.25) is 0 Å². The molecule has 146 valence electrons. The highest BCUT2D eigenvalue weighted by atomic mass is 19.1. The Kier molecular flexibility index (Phi) is 4.80. The van der Waals surface area contributed by atoms with E-state index in [2.05, 4.69) is 16.0 Å². The lowest BCUT2D eigenvalue weighted by Gasteiger charge is -2.51. The van der Waals surface area contributed by atoms with E-state index in [1.165, 1.54) is 12.3 Å². The van der Waals surface area contributed by atoms with Crippen molar-refractivity contribution in [3.05, 3.63) is 36.3 Å². The minimum atomic E-state index is -0.316. The Morgan fingerprint density at radius 2 is 2.15 bits per heavy atom. The van der Waals surface area contributed by atoms with E-state index in [9.17, 15) is 9.18 Å². The third kappa shape index (κ3) is 3.40. The normalized spacial score (nSPS) is 27.4. The van der Waals surface area contributed by atoms with Gasteiger partial charge in [-0.25, -0.2) is 14.2 Å². The molecule has 3 aliphatic rings. The quantitative estimate of drug-likeness (QED) is 0.747. The molecule has 0 bridgehead atoms. The number of allylic oxidation sites excluding steroid dienone is 1. The first-order valence-corrected chi connectivity index (χ1v) is 9.68. The second-order valence-corrected chi connectivity index (χ2v) is 7.93. The Morgan fingerprint density at radius 3 is 2.85 bits per heavy atom. The molecule has 0 aliphatic carbocycles. The van der Waals surface area contributed by atoms with Crippen LogP contribution in [0, 0.1) is 11.2 Å². The lowest BCUT2D eigenvalue weighted by Crippen LogP contribution is -2.65. The summed E-state index contributed by atoms with van der Waals surface area (Å²) in [5.74, 6) is 0.497. The summed E-state index contributed by atoms with van der Waals surface area (Å²) in [7, 11) is 0. The van der Waals surface area contributed by atoms with E-state index in [0.717, 1.165) is 38.4 Å². The van der Waals surface area contributed by atoms with E-state index in [1.54, 1.807) is 6.07 Å². The Bertz CT molecular complexity index is 717. The molecule has 0 aromatic carbocycles. The van der Waals surface area contributed by atoms with Gasteiger partial charge in [-0.3, -0.25) is 0 Å². The van der Waals surface area contributed by atoms with Crippen LogP contribution in [-0.4, -0.2) is 72.3 Å². The standard InChI is InChI=1S/C20H27FN4O2/c1-3-4-17-15(2)27-10-9-25(17)19(26)24-13-20(14-24)7-8-23(12-20)18-6-5-16(21)11-22-18/h3-6,11,15,17H,7-10,12-14H2,1-2H3/b4-3-. The smallest absolute Gasteiger partial charge is 0.320 e. The number of amides is 2. The first-order valence-electron chi connectivity index (χ1n) is 9.68. The molecular weight excluding hydrogens is 347 g/mol. The number of aromatic nitrogens is 1. The van der Waals surface area contributed by atoms with Crippen LogP contribution < -0.4 is 4.90 Å². The number of rotatable bonds is 2. The van der Waals surface area contributed by atoms with E-state index in [0.29, 0.717) is 13.2 Å². The molecule has 4 rings (SSSR count). The summed E-state index contributed by atoms with van der Waals surface area (Å²) >= 11 is 0. The van der Waals surface area contributed by atoms with Crippen molar-refractivity contribution in [2.45, 2.75) is 32.4 Å². The van der Waals surface area contributed by atoms with Crippen LogP contribution in [0.15, 0.2) is 30.5 Å². The van der Waals surface area contributed by atoms with Gasteiger partial charge >= 0.3 is 6.03 Å². The molecule has 0 N–H and O–H groups in total. The van der Waals surface area contributed by atoms with Crippen LogP contribution in [0.4, 0.5) is 15.0 Å². The van der Waals surface area contributed by atoms with Crippen LogP contribution in [0.5, 0.6) is 0 Å². The van der Waals surface area contributed by atoms with Crippen LogP contribution in [0.25, 0.3) is 0 Å². The van der Waals surface area contributed by atoms with Crippen molar-refractivity contribution < 1.29 is 13.9 Å². The minimum absolute atomic E-state index is 0.00343. The lowest BCUT2D eigenvalue weighted by atomic mass is 9.79. The first-order chi connectivity index (χ1) is 13.0. The topological polar surface area (TPSA) is 48.9 Å². The average molecular weight is 374 g/mol. The van der Waals surface area contributed by atoms with Crippen LogP contribution in [0.2, 0.25) is 0 Å². The molecule has 2 amide bonds. The third-order valence-corrected chi connectivity index (χ3v) is 5.99. The highest BCUT2D eigenvalue weighted by Gasteiger charge is 2.51. The summed E-state index contributed by atoms with van der Waals surface area (Å²) in [5, 5.41) is 0. The third-order valence-electron chi connectivity index (χ3n) is 5.99. The van der Waals surface area contributed by atoms with Gasteiger partial charge in [-0.2, -0.15) is 0 Å². The van der Waals surface area contributed by atoms with E-state index < -0.39 is 0 Å². The molecule has 1 aromatic heterocycles. The van der Waals surface area contributed by atoms with Crippen LogP contribution >= 0.6 is 0 Å². The van der Waals surface area contributed by atoms with Gasteiger partial charge in [0.05, 0.1) is 24.9 Å². The van der Waals surface area contributed by atoms with Crippen LogP contribution in [-0.2, 0) is 4.74 Å². The number of hydrogen-bond acceptors (Lipinski definition) is 4. The Labute approximate surface area is 159 Å². The van der Waals surface area contributed by atoms with Crippen molar-refractivity contribution in [2.24, 2.45) is 5.41 Å². The highest BCUT2D eigenvalue weighted by molar-refractivity contribution is 5.76. The monoisotopic (exact) mass is 374 g/mol. The van der Waals surface area contributed by atoms with Gasteiger partial charge in [0.1, 0.15) is 11.6 Å². The summed E-state index contributed by atoms with van der Waals surface area (Å²) in [6, 6.07) is 3.28. The summed E-state index contributed by atoms with van der Waals surface area (Å²) in [6.07, 6.45) is 6.35. The Hall–Kier alpha value is -2.15. The fourth-order valence-corrected chi connectivity index (χ4v) is 4.54. The predicted molar refractivity (Wildman–Crippen MR) is 101 cm³/mol. The number of urea groups is 1. The summed E-state index contributed by atoms with van der Waals surface area (Å²) in [6.45, 7) is 8.53. The van der Waals surface area contributed by atoms with Gasteiger partial charge in [-0.1, -0.05) is 12.2 Å². The van der Waals surface area contributed by atoms with Crippen LogP contribution in [0.3, 0.4) is 0 Å². The van der Waals surface area contributed by atoms with E-state index >= 15 is 0 Å². The second-order valence-electron chi connectivity index (χ2n) is 7.93. The SMILES string of the molecule is C/C=C\C1C(C)OCCN1C(=O)N1CC2(CCN(c3ccc(F)cn3)C2)C1. The molecule has 3 aliphatic heterocycles. The van der Waals surface area contributed by atoms with E-state index in [1.807, 2.05) is 29.7 Å². The summed E-state index contributed by atoms with van der Waals surface area (Å²) < 4.78 is 18.8. The van der Waals surface area contributed by atoms with Crippen molar-refractivity contribution >= 4 is 11.8 Å². The van der Waals surface area contributed by atoms with Gasteiger partial charge in [0.25, 0.3) is 0 Å². The van der Waals surface area contributed by atoms with Gasteiger partial charge in [-0.05, 0) is 32.4 Å². The second kappa shape index (κ2) is 7.11. The molecular formula is C20H27FN4O2. The van der Waals surface area contributed by atoms with Gasteiger partial charge in [-0.15, -0.1) is 0 Å². The fourth-order valence-electron chi connectivity index (χ4n) is 4.54. The maximum Gasteiger partial charge on any atom is 0.320 e. The molecule has 4 heterocycles. The molecule has 27 heavy (non-hydrogen) atoms. The number of hydrogen-bond donors (Lipinski definition) is 0. The molecule has 7 heteroatoms. The van der Waals surface area contributed by atoms with E-state index in [4.69, 9.17) is 4.74 Å². The molecule has 1 spiro atoms. The van der Waals surface area contributed by atoms with Crippen molar-refractivity contribution in [1.82, 2.24) is 14.8 Å². The minimum Gasteiger partial charge on any atom is -0.374 e. The zero-order valence-corrected chi connectivity index (χ0v) is 16.0. The number of carbonyl (C=O) groups excluding carboxylic acids is 1. The fraction of sp³-hybridized carbons (Fsp3) is 0.600.